The van der Waals surface area contributed by atoms with Gasteiger partial charge in [-0.15, -0.1) is 0 Å². The van der Waals surface area contributed by atoms with Gasteiger partial charge in [0.05, 0.1) is 7.11 Å². The van der Waals surface area contributed by atoms with E-state index in [1.54, 1.807) is 13.3 Å². The zero-order valence-corrected chi connectivity index (χ0v) is 12.2. The number of nitrogens with one attached hydrogen (secondary N) is 1. The van der Waals surface area contributed by atoms with E-state index >= 15 is 0 Å². The molecule has 110 valence electrons. The monoisotopic (exact) mass is 284 g/mol. The minimum absolute atomic E-state index is 0.546. The molecule has 0 aliphatic heterocycles. The molecule has 0 spiro atoms. The summed E-state index contributed by atoms with van der Waals surface area (Å²) in [5.74, 6) is 1.76. The topological polar surface area (TPSA) is 43.4 Å². The number of benzene rings is 1. The molecule has 0 saturated heterocycles. The van der Waals surface area contributed by atoms with Gasteiger partial charge in [-0.05, 0) is 36.6 Å². The summed E-state index contributed by atoms with van der Waals surface area (Å²) in [5, 5.41) is 3.49. The van der Waals surface area contributed by atoms with Crippen molar-refractivity contribution in [1.29, 1.82) is 0 Å². The lowest BCUT2D eigenvalue weighted by Crippen LogP contribution is -2.16. The van der Waals surface area contributed by atoms with Crippen molar-refractivity contribution in [3.63, 3.8) is 0 Å². The van der Waals surface area contributed by atoms with Gasteiger partial charge in [0, 0.05) is 30.5 Å². The van der Waals surface area contributed by atoms with Crippen LogP contribution in [-0.2, 0) is 13.2 Å². The summed E-state index contributed by atoms with van der Waals surface area (Å²) in [6.07, 6.45) is 6.20. The highest BCUT2D eigenvalue weighted by Gasteiger charge is 2.20. The number of methoxy groups -OCH3 is 1. The molecule has 1 heterocycles. The van der Waals surface area contributed by atoms with E-state index in [2.05, 4.69) is 10.3 Å². The second-order valence-corrected chi connectivity index (χ2v) is 5.28. The van der Waals surface area contributed by atoms with Gasteiger partial charge >= 0.3 is 0 Å². The summed E-state index contributed by atoms with van der Waals surface area (Å²) in [4.78, 5) is 4.18. The maximum Gasteiger partial charge on any atom is 0.127 e. The molecule has 1 aliphatic carbocycles. The van der Waals surface area contributed by atoms with Crippen LogP contribution in [0.1, 0.15) is 24.0 Å². The summed E-state index contributed by atoms with van der Waals surface area (Å²) in [6, 6.07) is 10.5. The molecule has 1 saturated carbocycles. The largest absolute Gasteiger partial charge is 0.497 e. The van der Waals surface area contributed by atoms with Gasteiger partial charge in [0.15, 0.2) is 0 Å². The average Bonchev–Trinajstić information content (AvgIpc) is 3.36. The summed E-state index contributed by atoms with van der Waals surface area (Å²) in [6.45, 7) is 1.36. The molecule has 0 bridgehead atoms. The summed E-state index contributed by atoms with van der Waals surface area (Å²) in [5.41, 5.74) is 2.23. The van der Waals surface area contributed by atoms with Crippen molar-refractivity contribution in [2.75, 3.05) is 7.11 Å². The summed E-state index contributed by atoms with van der Waals surface area (Å²) < 4.78 is 11.1. The van der Waals surface area contributed by atoms with Crippen molar-refractivity contribution in [2.45, 2.75) is 32.0 Å². The smallest absolute Gasteiger partial charge is 0.127 e. The summed E-state index contributed by atoms with van der Waals surface area (Å²) >= 11 is 0. The molecule has 1 fully saturated rings. The third kappa shape index (κ3) is 3.95. The van der Waals surface area contributed by atoms with Crippen LogP contribution < -0.4 is 14.8 Å². The molecule has 1 aromatic carbocycles. The minimum atomic E-state index is 0.546. The van der Waals surface area contributed by atoms with Crippen molar-refractivity contribution < 1.29 is 9.47 Å². The molecule has 2 aromatic rings. The normalized spacial score (nSPS) is 14.0. The van der Waals surface area contributed by atoms with Crippen LogP contribution in [0.3, 0.4) is 0 Å². The van der Waals surface area contributed by atoms with Gasteiger partial charge in [0.2, 0.25) is 0 Å². The van der Waals surface area contributed by atoms with E-state index in [0.717, 1.165) is 29.2 Å². The average molecular weight is 284 g/mol. The van der Waals surface area contributed by atoms with Crippen molar-refractivity contribution in [3.05, 3.63) is 53.9 Å². The van der Waals surface area contributed by atoms with Crippen LogP contribution in [0.5, 0.6) is 11.5 Å². The number of rotatable bonds is 7. The van der Waals surface area contributed by atoms with Crippen molar-refractivity contribution in [2.24, 2.45) is 0 Å². The standard InChI is InChI=1S/C17H20N2O2/c1-20-16-6-2-13(3-7-16)12-21-17-8-9-18-10-14(17)11-19-15-4-5-15/h2-3,6-10,15,19H,4-5,11-12H2,1H3. The highest BCUT2D eigenvalue weighted by molar-refractivity contribution is 5.31. The number of hydrogen-bond donors (Lipinski definition) is 1. The Kier molecular flexibility index (Phi) is 4.36. The molecule has 1 aromatic heterocycles. The Bertz CT molecular complexity index is 580. The second-order valence-electron chi connectivity index (χ2n) is 5.28. The molecule has 1 aliphatic rings. The zero-order valence-electron chi connectivity index (χ0n) is 12.2. The molecule has 4 heteroatoms. The van der Waals surface area contributed by atoms with E-state index in [4.69, 9.17) is 9.47 Å². The van der Waals surface area contributed by atoms with E-state index in [-0.39, 0.29) is 0 Å². The molecule has 0 atom stereocenters. The third-order valence-electron chi connectivity index (χ3n) is 3.57. The van der Waals surface area contributed by atoms with Crippen LogP contribution in [0.2, 0.25) is 0 Å². The SMILES string of the molecule is COc1ccc(COc2ccncc2CNC2CC2)cc1. The highest BCUT2D eigenvalue weighted by atomic mass is 16.5. The van der Waals surface area contributed by atoms with Crippen molar-refractivity contribution in [1.82, 2.24) is 10.3 Å². The summed E-state index contributed by atoms with van der Waals surface area (Å²) in [7, 11) is 1.67. The van der Waals surface area contributed by atoms with Crippen molar-refractivity contribution in [3.8, 4) is 11.5 Å². The fourth-order valence-electron chi connectivity index (χ4n) is 2.11. The number of hydrogen-bond acceptors (Lipinski definition) is 4. The first-order valence-electron chi connectivity index (χ1n) is 7.27. The molecule has 21 heavy (non-hydrogen) atoms. The lowest BCUT2D eigenvalue weighted by Gasteiger charge is -2.12. The lowest BCUT2D eigenvalue weighted by atomic mass is 10.2. The van der Waals surface area contributed by atoms with E-state index in [1.807, 2.05) is 36.5 Å². The van der Waals surface area contributed by atoms with E-state index < -0.39 is 0 Å². The fourth-order valence-corrected chi connectivity index (χ4v) is 2.11. The maximum atomic E-state index is 5.93. The number of ether oxygens (including phenoxy) is 2. The highest BCUT2D eigenvalue weighted by Crippen LogP contribution is 2.23. The minimum Gasteiger partial charge on any atom is -0.497 e. The van der Waals surface area contributed by atoms with Gasteiger partial charge < -0.3 is 14.8 Å². The molecule has 4 nitrogen and oxygen atoms in total. The Morgan fingerprint density at radius 3 is 2.71 bits per heavy atom. The Balaban J connectivity index is 1.60. The predicted octanol–water partition coefficient (Wildman–Crippen LogP) is 2.92. The molecule has 3 rings (SSSR count). The Labute approximate surface area is 125 Å². The van der Waals surface area contributed by atoms with Gasteiger partial charge in [0.1, 0.15) is 18.1 Å². The Morgan fingerprint density at radius 2 is 2.00 bits per heavy atom. The zero-order chi connectivity index (χ0) is 14.5. The van der Waals surface area contributed by atoms with E-state index in [9.17, 15) is 0 Å². The van der Waals surface area contributed by atoms with Crippen LogP contribution in [0, 0.1) is 0 Å². The van der Waals surface area contributed by atoms with Crippen LogP contribution in [0.4, 0.5) is 0 Å². The molecular formula is C17H20N2O2. The van der Waals surface area contributed by atoms with Gasteiger partial charge in [0.25, 0.3) is 0 Å². The number of aromatic nitrogens is 1. The second kappa shape index (κ2) is 6.59. The van der Waals surface area contributed by atoms with Crippen LogP contribution in [0.25, 0.3) is 0 Å². The molecule has 1 N–H and O–H groups in total. The van der Waals surface area contributed by atoms with Crippen LogP contribution in [-0.4, -0.2) is 18.1 Å². The number of pyridine rings is 1. The van der Waals surface area contributed by atoms with E-state index in [0.29, 0.717) is 12.6 Å². The quantitative estimate of drug-likeness (QED) is 0.849. The first kappa shape index (κ1) is 13.9. The molecule has 0 amide bonds. The first-order chi connectivity index (χ1) is 10.3. The van der Waals surface area contributed by atoms with Crippen LogP contribution >= 0.6 is 0 Å². The fraction of sp³-hybridized carbons (Fsp3) is 0.353. The molecular weight excluding hydrogens is 264 g/mol. The Hall–Kier alpha value is -2.07. The van der Waals surface area contributed by atoms with Gasteiger partial charge in [-0.3, -0.25) is 4.98 Å². The Morgan fingerprint density at radius 1 is 1.19 bits per heavy atom. The van der Waals surface area contributed by atoms with Gasteiger partial charge in [-0.25, -0.2) is 0 Å². The molecule has 0 unspecified atom stereocenters. The van der Waals surface area contributed by atoms with Crippen LogP contribution in [0.15, 0.2) is 42.7 Å². The molecule has 0 radical (unpaired) electrons. The van der Waals surface area contributed by atoms with Gasteiger partial charge in [-0.2, -0.15) is 0 Å². The van der Waals surface area contributed by atoms with E-state index in [1.165, 1.54) is 12.8 Å². The van der Waals surface area contributed by atoms with Crippen molar-refractivity contribution >= 4 is 0 Å². The van der Waals surface area contributed by atoms with Gasteiger partial charge in [-0.1, -0.05) is 12.1 Å². The first-order valence-corrected chi connectivity index (χ1v) is 7.27. The third-order valence-corrected chi connectivity index (χ3v) is 3.57. The lowest BCUT2D eigenvalue weighted by molar-refractivity contribution is 0.301. The maximum absolute atomic E-state index is 5.93. The predicted molar refractivity (Wildman–Crippen MR) is 81.4 cm³/mol. The number of nitrogens with zero attached hydrogens (tertiary/aromatic N) is 1.